The third-order valence-corrected chi connectivity index (χ3v) is 3.89. The van der Waals surface area contributed by atoms with E-state index in [0.717, 1.165) is 0 Å². The Labute approximate surface area is 136 Å². The Morgan fingerprint density at radius 1 is 1.42 bits per heavy atom. The first-order valence-corrected chi connectivity index (χ1v) is 7.38. The van der Waals surface area contributed by atoms with Crippen LogP contribution < -0.4 is 16.8 Å². The summed E-state index contributed by atoms with van der Waals surface area (Å²) in [6.45, 7) is 1.56. The van der Waals surface area contributed by atoms with E-state index in [9.17, 15) is 15.0 Å². The van der Waals surface area contributed by atoms with Crippen molar-refractivity contribution in [2.45, 2.75) is 37.5 Å². The largest absolute Gasteiger partial charge is 0.387 e. The van der Waals surface area contributed by atoms with Crippen LogP contribution in [0.3, 0.4) is 0 Å². The third kappa shape index (κ3) is 2.78. The first-order valence-electron chi connectivity index (χ1n) is 7.38. The molecule has 0 saturated carbocycles. The van der Waals surface area contributed by atoms with Crippen LogP contribution in [0.4, 0.5) is 5.82 Å². The average molecular weight is 337 g/mol. The fourth-order valence-electron chi connectivity index (χ4n) is 2.55. The Balaban J connectivity index is 1.79. The van der Waals surface area contributed by atoms with Gasteiger partial charge in [0.05, 0.1) is 12.4 Å². The van der Waals surface area contributed by atoms with Crippen LogP contribution in [0.1, 0.15) is 13.2 Å². The molecule has 0 unspecified atom stereocenters. The molecule has 2 aromatic heterocycles. The summed E-state index contributed by atoms with van der Waals surface area (Å²) in [4.78, 5) is 23.5. The number of fused-ring (bicyclic) bond motifs is 1. The molecule has 2 aromatic rings. The number of carbonyl (C=O) groups excluding carboxylic acids is 1. The molecule has 0 aromatic carbocycles. The van der Waals surface area contributed by atoms with Gasteiger partial charge in [0.2, 0.25) is 5.91 Å². The maximum atomic E-state index is 11.5. The number of hydrogen-bond donors (Lipinski definition) is 5. The van der Waals surface area contributed by atoms with Crippen LogP contribution in [0.25, 0.3) is 11.2 Å². The molecule has 1 saturated heterocycles. The average Bonchev–Trinajstić information content (AvgIpc) is 3.09. The number of aliphatic hydroxyl groups is 2. The number of nitrogens with two attached hydrogens (primary N) is 2. The number of nitrogen functional groups attached to an aromatic ring is 1. The van der Waals surface area contributed by atoms with Crippen LogP contribution in [0.2, 0.25) is 0 Å². The Morgan fingerprint density at radius 3 is 2.88 bits per heavy atom. The zero-order valence-electron chi connectivity index (χ0n) is 12.9. The van der Waals surface area contributed by atoms with Gasteiger partial charge in [-0.05, 0) is 6.92 Å². The summed E-state index contributed by atoms with van der Waals surface area (Å²) in [6, 6.07) is -0.679. The van der Waals surface area contributed by atoms with Crippen molar-refractivity contribution in [1.82, 2.24) is 24.8 Å². The summed E-state index contributed by atoms with van der Waals surface area (Å²) in [5.41, 5.74) is 11.9. The number of carbonyl (C=O) groups is 1. The van der Waals surface area contributed by atoms with E-state index < -0.39 is 30.6 Å². The second-order valence-electron chi connectivity index (χ2n) is 5.66. The van der Waals surface area contributed by atoms with E-state index >= 15 is 0 Å². The zero-order valence-corrected chi connectivity index (χ0v) is 12.9. The predicted octanol–water partition coefficient (Wildman–Crippen LogP) is -2.51. The highest BCUT2D eigenvalue weighted by Crippen LogP contribution is 2.31. The lowest BCUT2D eigenvalue weighted by Crippen LogP contribution is -2.44. The Hall–Kier alpha value is -2.34. The molecule has 11 nitrogen and oxygen atoms in total. The summed E-state index contributed by atoms with van der Waals surface area (Å²) in [5, 5.41) is 23.0. The van der Waals surface area contributed by atoms with Crippen molar-refractivity contribution in [2.24, 2.45) is 5.73 Å². The van der Waals surface area contributed by atoms with Crippen molar-refractivity contribution >= 4 is 22.9 Å². The molecule has 3 heterocycles. The number of amides is 1. The lowest BCUT2D eigenvalue weighted by molar-refractivity contribution is -0.123. The first-order chi connectivity index (χ1) is 11.4. The van der Waals surface area contributed by atoms with E-state index in [-0.39, 0.29) is 18.3 Å². The van der Waals surface area contributed by atoms with Gasteiger partial charge in [-0.25, -0.2) is 15.0 Å². The monoisotopic (exact) mass is 337 g/mol. The molecule has 130 valence electrons. The van der Waals surface area contributed by atoms with Crippen LogP contribution in [-0.2, 0) is 9.53 Å². The van der Waals surface area contributed by atoms with E-state index in [1.807, 2.05) is 0 Å². The molecule has 5 atom stereocenters. The highest BCUT2D eigenvalue weighted by Gasteiger charge is 2.44. The molecular weight excluding hydrogens is 318 g/mol. The van der Waals surface area contributed by atoms with E-state index in [1.54, 1.807) is 6.92 Å². The number of ether oxygens (including phenoxy) is 1. The normalized spacial score (nSPS) is 28.2. The lowest BCUT2D eigenvalue weighted by Gasteiger charge is -2.16. The molecule has 0 bridgehead atoms. The highest BCUT2D eigenvalue weighted by atomic mass is 16.6. The Bertz CT molecular complexity index is 749. The van der Waals surface area contributed by atoms with E-state index in [1.165, 1.54) is 17.2 Å². The van der Waals surface area contributed by atoms with E-state index in [4.69, 9.17) is 16.2 Å². The van der Waals surface area contributed by atoms with Gasteiger partial charge in [-0.3, -0.25) is 9.36 Å². The molecule has 3 rings (SSSR count). The Morgan fingerprint density at radius 2 is 2.17 bits per heavy atom. The molecule has 1 amide bonds. The second-order valence-corrected chi connectivity index (χ2v) is 5.66. The van der Waals surface area contributed by atoms with Crippen LogP contribution in [-0.4, -0.2) is 66.5 Å². The molecule has 7 N–H and O–H groups in total. The maximum absolute atomic E-state index is 11.5. The number of anilines is 1. The van der Waals surface area contributed by atoms with Gasteiger partial charge in [0.15, 0.2) is 17.7 Å². The lowest BCUT2D eigenvalue weighted by atomic mass is 10.1. The van der Waals surface area contributed by atoms with E-state index in [0.29, 0.717) is 11.2 Å². The van der Waals surface area contributed by atoms with Crippen molar-refractivity contribution < 1.29 is 19.7 Å². The van der Waals surface area contributed by atoms with Gasteiger partial charge in [0.25, 0.3) is 0 Å². The van der Waals surface area contributed by atoms with Crippen LogP contribution >= 0.6 is 0 Å². The second kappa shape index (κ2) is 6.28. The third-order valence-electron chi connectivity index (χ3n) is 3.89. The molecule has 1 aliphatic rings. The van der Waals surface area contributed by atoms with Gasteiger partial charge < -0.3 is 31.7 Å². The minimum Gasteiger partial charge on any atom is -0.387 e. The topological polar surface area (TPSA) is 174 Å². The number of rotatable bonds is 4. The molecule has 1 aliphatic heterocycles. The number of nitrogens with one attached hydrogen (secondary N) is 1. The number of aliphatic hydroxyl groups excluding tert-OH is 2. The van der Waals surface area contributed by atoms with Gasteiger partial charge in [-0.15, -0.1) is 0 Å². The molecule has 1 fully saturated rings. The summed E-state index contributed by atoms with van der Waals surface area (Å²) in [6.07, 6.45) is -1.47. The zero-order chi connectivity index (χ0) is 17.4. The fraction of sp³-hybridized carbons (Fsp3) is 0.538. The van der Waals surface area contributed by atoms with Gasteiger partial charge in [-0.1, -0.05) is 0 Å². The SMILES string of the molecule is C[C@H](N)C(=O)NC[C@H]1O[C@@H](n2cnc3c(N)ncnc32)[C@H](O)[C@@H]1O. The quantitative estimate of drug-likeness (QED) is 0.403. The van der Waals surface area contributed by atoms with Crippen molar-refractivity contribution in [3.63, 3.8) is 0 Å². The van der Waals surface area contributed by atoms with Crippen molar-refractivity contribution in [3.8, 4) is 0 Å². The van der Waals surface area contributed by atoms with Gasteiger partial charge >= 0.3 is 0 Å². The number of imidazole rings is 1. The maximum Gasteiger partial charge on any atom is 0.236 e. The highest BCUT2D eigenvalue weighted by molar-refractivity contribution is 5.81. The molecule has 0 radical (unpaired) electrons. The summed E-state index contributed by atoms with van der Waals surface area (Å²) in [5.74, 6) is -0.176. The van der Waals surface area contributed by atoms with Crippen molar-refractivity contribution in [3.05, 3.63) is 12.7 Å². The number of hydrogen-bond acceptors (Lipinski definition) is 9. The summed E-state index contributed by atoms with van der Waals surface area (Å²) in [7, 11) is 0. The Kier molecular flexibility index (Phi) is 4.32. The molecular formula is C13H19N7O4. The van der Waals surface area contributed by atoms with Crippen molar-refractivity contribution in [2.75, 3.05) is 12.3 Å². The minimum absolute atomic E-state index is 0.0128. The van der Waals surface area contributed by atoms with Crippen LogP contribution in [0.5, 0.6) is 0 Å². The number of nitrogens with zero attached hydrogens (tertiary/aromatic N) is 4. The summed E-state index contributed by atoms with van der Waals surface area (Å²) >= 11 is 0. The van der Waals surface area contributed by atoms with Crippen molar-refractivity contribution in [1.29, 1.82) is 0 Å². The molecule has 0 spiro atoms. The minimum atomic E-state index is -1.23. The van der Waals surface area contributed by atoms with Crippen LogP contribution in [0.15, 0.2) is 12.7 Å². The van der Waals surface area contributed by atoms with Gasteiger partial charge in [0.1, 0.15) is 30.2 Å². The smallest absolute Gasteiger partial charge is 0.236 e. The standard InChI is InChI=1S/C13H19N7O4/c1-5(14)12(23)16-2-6-8(21)9(22)13(24-6)20-4-19-7-10(15)17-3-18-11(7)20/h3-6,8-9,13,21-22H,2,14H2,1H3,(H,16,23)(H2,15,17,18)/t5-,6+,8+,9+,13+/m0/s1. The molecule has 24 heavy (non-hydrogen) atoms. The first kappa shape index (κ1) is 16.5. The van der Waals surface area contributed by atoms with Crippen LogP contribution in [0, 0.1) is 0 Å². The van der Waals surface area contributed by atoms with Gasteiger partial charge in [0, 0.05) is 6.54 Å². The van der Waals surface area contributed by atoms with Gasteiger partial charge in [-0.2, -0.15) is 0 Å². The fourth-order valence-corrected chi connectivity index (χ4v) is 2.55. The number of aromatic nitrogens is 4. The summed E-state index contributed by atoms with van der Waals surface area (Å²) < 4.78 is 7.14. The molecule has 11 heteroatoms. The van der Waals surface area contributed by atoms with E-state index in [2.05, 4.69) is 20.3 Å². The predicted molar refractivity (Wildman–Crippen MR) is 82.3 cm³/mol. The molecule has 0 aliphatic carbocycles.